The van der Waals surface area contributed by atoms with E-state index in [4.69, 9.17) is 9.47 Å². The highest BCUT2D eigenvalue weighted by molar-refractivity contribution is 4.81. The first-order valence-electron chi connectivity index (χ1n) is 6.12. The summed E-state index contributed by atoms with van der Waals surface area (Å²) in [5.41, 5.74) is -0.210. The lowest BCUT2D eigenvalue weighted by Gasteiger charge is -2.30. The van der Waals surface area contributed by atoms with Gasteiger partial charge in [-0.15, -0.1) is 0 Å². The van der Waals surface area contributed by atoms with Crippen molar-refractivity contribution in [2.75, 3.05) is 60.7 Å². The lowest BCUT2D eigenvalue weighted by atomic mass is 9.99. The van der Waals surface area contributed by atoms with Crippen LogP contribution in [0.2, 0.25) is 0 Å². The van der Waals surface area contributed by atoms with Crippen molar-refractivity contribution in [3.63, 3.8) is 0 Å². The molecular formula is C12H28N2O3. The smallest absolute Gasteiger partial charge is 0.0610 e. The summed E-state index contributed by atoms with van der Waals surface area (Å²) in [6.07, 6.45) is 0.896. The summed E-state index contributed by atoms with van der Waals surface area (Å²) in [5.74, 6) is 0. The van der Waals surface area contributed by atoms with Gasteiger partial charge in [0.1, 0.15) is 0 Å². The number of hydrogen-bond acceptors (Lipinski definition) is 5. The predicted molar refractivity (Wildman–Crippen MR) is 69.4 cm³/mol. The first kappa shape index (κ1) is 16.8. The quantitative estimate of drug-likeness (QED) is 0.536. The third kappa shape index (κ3) is 7.68. The van der Waals surface area contributed by atoms with E-state index in [1.54, 1.807) is 14.2 Å². The van der Waals surface area contributed by atoms with Gasteiger partial charge >= 0.3 is 0 Å². The topological polar surface area (TPSA) is 54.0 Å². The van der Waals surface area contributed by atoms with Crippen LogP contribution in [-0.4, -0.2) is 76.3 Å². The van der Waals surface area contributed by atoms with Crippen molar-refractivity contribution < 1.29 is 14.6 Å². The molecule has 0 spiro atoms. The average molecular weight is 248 g/mol. The fourth-order valence-electron chi connectivity index (χ4n) is 1.46. The van der Waals surface area contributed by atoms with Crippen LogP contribution in [-0.2, 0) is 9.47 Å². The number of ether oxygens (including phenoxy) is 2. The summed E-state index contributed by atoms with van der Waals surface area (Å²) < 4.78 is 10.2. The van der Waals surface area contributed by atoms with E-state index in [2.05, 4.69) is 10.2 Å². The van der Waals surface area contributed by atoms with Gasteiger partial charge in [-0.2, -0.15) is 0 Å². The monoisotopic (exact) mass is 248 g/mol. The molecule has 0 aromatic heterocycles. The maximum Gasteiger partial charge on any atom is 0.0610 e. The number of hydrogen-bond donors (Lipinski definition) is 2. The van der Waals surface area contributed by atoms with Gasteiger partial charge in [-0.05, 0) is 20.4 Å². The second-order valence-electron chi connectivity index (χ2n) is 4.55. The molecule has 17 heavy (non-hydrogen) atoms. The van der Waals surface area contributed by atoms with Crippen LogP contribution < -0.4 is 5.32 Å². The summed E-state index contributed by atoms with van der Waals surface area (Å²) in [4.78, 5) is 2.29. The molecule has 5 nitrogen and oxygen atoms in total. The van der Waals surface area contributed by atoms with Crippen LogP contribution in [0.1, 0.15) is 13.3 Å². The van der Waals surface area contributed by atoms with Crippen molar-refractivity contribution in [3.8, 4) is 0 Å². The van der Waals surface area contributed by atoms with E-state index in [-0.39, 0.29) is 12.1 Å². The second-order valence-corrected chi connectivity index (χ2v) is 4.55. The molecule has 5 heteroatoms. The van der Waals surface area contributed by atoms with Gasteiger partial charge in [-0.1, -0.05) is 0 Å². The van der Waals surface area contributed by atoms with Gasteiger partial charge in [0.25, 0.3) is 0 Å². The molecule has 1 unspecified atom stereocenters. The maximum absolute atomic E-state index is 9.32. The summed E-state index contributed by atoms with van der Waals surface area (Å²) in [7, 11) is 5.30. The molecule has 0 rings (SSSR count). The van der Waals surface area contributed by atoms with Gasteiger partial charge in [0.05, 0.1) is 19.8 Å². The molecule has 0 aromatic rings. The molecule has 0 aliphatic rings. The highest BCUT2D eigenvalue weighted by atomic mass is 16.5. The zero-order chi connectivity index (χ0) is 13.1. The molecule has 0 amide bonds. The molecule has 0 bridgehead atoms. The minimum atomic E-state index is -0.210. The van der Waals surface area contributed by atoms with Crippen molar-refractivity contribution in [3.05, 3.63) is 0 Å². The molecule has 2 N–H and O–H groups in total. The van der Waals surface area contributed by atoms with Crippen LogP contribution in [0.5, 0.6) is 0 Å². The lowest BCUT2D eigenvalue weighted by molar-refractivity contribution is 0.0989. The van der Waals surface area contributed by atoms with Crippen LogP contribution in [0.3, 0.4) is 0 Å². The van der Waals surface area contributed by atoms with Crippen molar-refractivity contribution >= 4 is 0 Å². The van der Waals surface area contributed by atoms with E-state index < -0.39 is 0 Å². The fourth-order valence-corrected chi connectivity index (χ4v) is 1.46. The normalized spacial score (nSPS) is 15.2. The van der Waals surface area contributed by atoms with Crippen LogP contribution in [0.4, 0.5) is 0 Å². The average Bonchev–Trinajstić information content (AvgIpc) is 2.37. The Balaban J connectivity index is 4.03. The zero-order valence-corrected chi connectivity index (χ0v) is 11.7. The number of methoxy groups -OCH3 is 2. The largest absolute Gasteiger partial charge is 0.394 e. The number of likely N-dealkylation sites (N-methyl/N-ethyl adjacent to an activating group) is 1. The number of aliphatic hydroxyl groups is 1. The molecule has 0 saturated carbocycles. The zero-order valence-electron chi connectivity index (χ0n) is 11.7. The van der Waals surface area contributed by atoms with Crippen molar-refractivity contribution in [2.24, 2.45) is 0 Å². The van der Waals surface area contributed by atoms with Crippen molar-refractivity contribution in [1.29, 1.82) is 0 Å². The number of rotatable bonds is 11. The van der Waals surface area contributed by atoms with Crippen LogP contribution in [0.15, 0.2) is 0 Å². The Morgan fingerprint density at radius 3 is 2.00 bits per heavy atom. The van der Waals surface area contributed by atoms with Gasteiger partial charge in [-0.25, -0.2) is 0 Å². The first-order valence-corrected chi connectivity index (χ1v) is 6.12. The molecule has 0 aliphatic heterocycles. The molecule has 0 saturated heterocycles. The molecule has 1 atom stereocenters. The Labute approximate surface area is 105 Å². The highest BCUT2D eigenvalue weighted by Gasteiger charge is 2.21. The third-order valence-corrected chi connectivity index (χ3v) is 3.16. The standard InChI is InChI=1S/C12H28N2O3/c1-12(11-15,13-2)5-6-14(7-9-16-3)8-10-17-4/h13,15H,5-11H2,1-4H3. The van der Waals surface area contributed by atoms with Gasteiger partial charge in [-0.3, -0.25) is 4.90 Å². The van der Waals surface area contributed by atoms with E-state index in [9.17, 15) is 5.11 Å². The van der Waals surface area contributed by atoms with E-state index in [1.807, 2.05) is 14.0 Å². The fraction of sp³-hybridized carbons (Fsp3) is 1.00. The molecule has 104 valence electrons. The van der Waals surface area contributed by atoms with Gasteiger partial charge in [0, 0.05) is 39.4 Å². The van der Waals surface area contributed by atoms with E-state index >= 15 is 0 Å². The van der Waals surface area contributed by atoms with Gasteiger partial charge in [0.15, 0.2) is 0 Å². The summed E-state index contributed by atoms with van der Waals surface area (Å²) in [5, 5.41) is 12.5. The summed E-state index contributed by atoms with van der Waals surface area (Å²) >= 11 is 0. The van der Waals surface area contributed by atoms with Gasteiger partial charge < -0.3 is 19.9 Å². The van der Waals surface area contributed by atoms with Crippen LogP contribution >= 0.6 is 0 Å². The SMILES string of the molecule is CNC(C)(CO)CCN(CCOC)CCOC. The predicted octanol–water partition coefficient (Wildman–Crippen LogP) is -0.0583. The van der Waals surface area contributed by atoms with E-state index in [0.717, 1.165) is 39.3 Å². The molecule has 0 aromatic carbocycles. The molecular weight excluding hydrogens is 220 g/mol. The molecule has 0 fully saturated rings. The Morgan fingerprint density at radius 1 is 1.12 bits per heavy atom. The number of nitrogens with zero attached hydrogens (tertiary/aromatic N) is 1. The Morgan fingerprint density at radius 2 is 1.65 bits per heavy atom. The summed E-state index contributed by atoms with van der Waals surface area (Å²) in [6.45, 7) is 6.32. The first-order chi connectivity index (χ1) is 8.11. The van der Waals surface area contributed by atoms with E-state index in [1.165, 1.54) is 0 Å². The third-order valence-electron chi connectivity index (χ3n) is 3.16. The highest BCUT2D eigenvalue weighted by Crippen LogP contribution is 2.09. The van der Waals surface area contributed by atoms with Crippen molar-refractivity contribution in [1.82, 2.24) is 10.2 Å². The second kappa shape index (κ2) is 9.79. The Hall–Kier alpha value is -0.200. The van der Waals surface area contributed by atoms with Crippen LogP contribution in [0.25, 0.3) is 0 Å². The molecule has 0 heterocycles. The number of aliphatic hydroxyl groups excluding tert-OH is 1. The van der Waals surface area contributed by atoms with Crippen LogP contribution in [0, 0.1) is 0 Å². The van der Waals surface area contributed by atoms with Gasteiger partial charge in [0.2, 0.25) is 0 Å². The lowest BCUT2D eigenvalue weighted by Crippen LogP contribution is -2.46. The minimum Gasteiger partial charge on any atom is -0.394 e. The molecule has 0 aliphatic carbocycles. The minimum absolute atomic E-state index is 0.145. The van der Waals surface area contributed by atoms with E-state index in [0.29, 0.717) is 0 Å². The Kier molecular flexibility index (Phi) is 9.68. The number of nitrogens with one attached hydrogen (secondary N) is 1. The Bertz CT molecular complexity index is 167. The molecule has 0 radical (unpaired) electrons. The maximum atomic E-state index is 9.32. The summed E-state index contributed by atoms with van der Waals surface area (Å²) in [6, 6.07) is 0. The van der Waals surface area contributed by atoms with Crippen molar-refractivity contribution in [2.45, 2.75) is 18.9 Å².